The first kappa shape index (κ1) is 14.8. The molecule has 0 aliphatic heterocycles. The quantitative estimate of drug-likeness (QED) is 0.805. The minimum Gasteiger partial charge on any atom is -0.386 e. The molecule has 102 valence electrons. The Balaban J connectivity index is 2.42. The molecule has 0 aromatic heterocycles. The number of aliphatic hydroxyl groups is 1. The van der Waals surface area contributed by atoms with Gasteiger partial charge < -0.3 is 9.84 Å². The molecule has 0 aliphatic carbocycles. The first-order chi connectivity index (χ1) is 8.33. The van der Waals surface area contributed by atoms with Crippen LogP contribution in [0, 0.1) is 5.82 Å². The van der Waals surface area contributed by atoms with Crippen molar-refractivity contribution in [3.63, 3.8) is 0 Å². The second-order valence-electron chi connectivity index (χ2n) is 3.64. The largest absolute Gasteiger partial charge is 0.386 e. The van der Waals surface area contributed by atoms with Gasteiger partial charge in [0.05, 0.1) is 6.61 Å². The molecule has 1 atom stereocenters. The van der Waals surface area contributed by atoms with Gasteiger partial charge in [-0.2, -0.15) is 8.78 Å². The molecule has 1 aromatic rings. The summed E-state index contributed by atoms with van der Waals surface area (Å²) in [6.45, 7) is -2.06. The molecule has 2 nitrogen and oxygen atoms in total. The summed E-state index contributed by atoms with van der Waals surface area (Å²) in [5.74, 6) is -4.77. The van der Waals surface area contributed by atoms with Crippen LogP contribution < -0.4 is 0 Å². The van der Waals surface area contributed by atoms with E-state index in [-0.39, 0.29) is 5.56 Å². The molecule has 0 amide bonds. The lowest BCUT2D eigenvalue weighted by Gasteiger charge is -2.17. The summed E-state index contributed by atoms with van der Waals surface area (Å²) in [4.78, 5) is 0. The van der Waals surface area contributed by atoms with Gasteiger partial charge in [-0.25, -0.2) is 13.2 Å². The van der Waals surface area contributed by atoms with E-state index in [4.69, 9.17) is 0 Å². The summed E-state index contributed by atoms with van der Waals surface area (Å²) in [6, 6.07) is 4.64. The fourth-order valence-corrected chi connectivity index (χ4v) is 1.15. The number of ether oxygens (including phenoxy) is 1. The van der Waals surface area contributed by atoms with E-state index in [1.54, 1.807) is 0 Å². The second-order valence-corrected chi connectivity index (χ2v) is 3.64. The summed E-state index contributed by atoms with van der Waals surface area (Å²) < 4.78 is 65.3. The third kappa shape index (κ3) is 4.23. The lowest BCUT2D eigenvalue weighted by atomic mass is 10.1. The second kappa shape index (κ2) is 6.10. The minimum absolute atomic E-state index is 0.247. The van der Waals surface area contributed by atoms with E-state index in [2.05, 4.69) is 4.74 Å². The maximum atomic E-state index is 12.6. The molecule has 1 rings (SSSR count). The van der Waals surface area contributed by atoms with Gasteiger partial charge >= 0.3 is 12.3 Å². The average molecular weight is 270 g/mol. The van der Waals surface area contributed by atoms with Crippen LogP contribution in [0.25, 0.3) is 0 Å². The topological polar surface area (TPSA) is 29.5 Å². The highest BCUT2D eigenvalue weighted by atomic mass is 19.3. The van der Waals surface area contributed by atoms with E-state index in [9.17, 15) is 27.1 Å². The number of hydrogen-bond acceptors (Lipinski definition) is 2. The van der Waals surface area contributed by atoms with E-state index in [1.807, 2.05) is 0 Å². The molecular weight excluding hydrogens is 259 g/mol. The molecule has 0 aliphatic rings. The van der Waals surface area contributed by atoms with Crippen molar-refractivity contribution in [3.05, 3.63) is 35.6 Å². The van der Waals surface area contributed by atoms with Crippen LogP contribution in [0.15, 0.2) is 24.3 Å². The first-order valence-electron chi connectivity index (χ1n) is 5.00. The maximum Gasteiger partial charge on any atom is 0.330 e. The highest BCUT2D eigenvalue weighted by Crippen LogP contribution is 2.23. The summed E-state index contributed by atoms with van der Waals surface area (Å²) in [6.07, 6.45) is -5.10. The molecule has 0 bridgehead atoms. The number of hydrogen-bond donors (Lipinski definition) is 1. The number of alkyl halides is 4. The predicted octanol–water partition coefficient (Wildman–Crippen LogP) is 2.78. The van der Waals surface area contributed by atoms with Crippen LogP contribution in [-0.2, 0) is 4.74 Å². The summed E-state index contributed by atoms with van der Waals surface area (Å²) in [7, 11) is 0. The SMILES string of the molecule is OC(COCC(F)(F)C(F)F)c1ccc(F)cc1. The molecule has 0 saturated heterocycles. The Kier molecular flexibility index (Phi) is 5.03. The predicted molar refractivity (Wildman–Crippen MR) is 53.1 cm³/mol. The van der Waals surface area contributed by atoms with Crippen molar-refractivity contribution in [2.75, 3.05) is 13.2 Å². The lowest BCUT2D eigenvalue weighted by Crippen LogP contribution is -2.33. The Labute approximate surface area is 100.0 Å². The van der Waals surface area contributed by atoms with Gasteiger partial charge in [0.2, 0.25) is 0 Å². The van der Waals surface area contributed by atoms with E-state index < -0.39 is 37.5 Å². The number of halogens is 5. The van der Waals surface area contributed by atoms with Gasteiger partial charge in [-0.3, -0.25) is 0 Å². The van der Waals surface area contributed by atoms with Crippen molar-refractivity contribution >= 4 is 0 Å². The van der Waals surface area contributed by atoms with Crippen LogP contribution in [0.2, 0.25) is 0 Å². The van der Waals surface area contributed by atoms with Crippen LogP contribution in [0.5, 0.6) is 0 Å². The number of rotatable bonds is 6. The number of aliphatic hydroxyl groups excluding tert-OH is 1. The molecule has 18 heavy (non-hydrogen) atoms. The highest BCUT2D eigenvalue weighted by molar-refractivity contribution is 5.18. The van der Waals surface area contributed by atoms with E-state index in [0.717, 1.165) is 12.1 Å². The van der Waals surface area contributed by atoms with Crippen LogP contribution in [0.4, 0.5) is 22.0 Å². The molecule has 1 aromatic carbocycles. The van der Waals surface area contributed by atoms with Crippen molar-refractivity contribution < 1.29 is 31.8 Å². The monoisotopic (exact) mass is 270 g/mol. The molecule has 0 heterocycles. The zero-order valence-corrected chi connectivity index (χ0v) is 9.12. The zero-order chi connectivity index (χ0) is 13.8. The molecule has 0 saturated carbocycles. The van der Waals surface area contributed by atoms with Crippen LogP contribution in [0.3, 0.4) is 0 Å². The average Bonchev–Trinajstić information content (AvgIpc) is 2.29. The standard InChI is InChI=1S/C11H11F5O2/c12-8-3-1-7(2-4-8)9(17)5-18-6-11(15,16)10(13)14/h1-4,9-10,17H,5-6H2. The molecule has 0 fully saturated rings. The van der Waals surface area contributed by atoms with Crippen molar-refractivity contribution in [1.29, 1.82) is 0 Å². The molecule has 0 radical (unpaired) electrons. The highest BCUT2D eigenvalue weighted by Gasteiger charge is 2.41. The van der Waals surface area contributed by atoms with E-state index in [0.29, 0.717) is 0 Å². The fraction of sp³-hybridized carbons (Fsp3) is 0.455. The van der Waals surface area contributed by atoms with Gasteiger partial charge in [0.1, 0.15) is 18.5 Å². The molecule has 1 N–H and O–H groups in total. The molecular formula is C11H11F5O2. The Morgan fingerprint density at radius 1 is 1.17 bits per heavy atom. The third-order valence-electron chi connectivity index (χ3n) is 2.14. The van der Waals surface area contributed by atoms with Crippen molar-refractivity contribution in [1.82, 2.24) is 0 Å². The van der Waals surface area contributed by atoms with Gasteiger partial charge in [-0.05, 0) is 17.7 Å². The zero-order valence-electron chi connectivity index (χ0n) is 9.12. The van der Waals surface area contributed by atoms with Crippen LogP contribution in [0.1, 0.15) is 11.7 Å². The summed E-state index contributed by atoms with van der Waals surface area (Å²) in [5.41, 5.74) is 0.247. The maximum absolute atomic E-state index is 12.6. The minimum atomic E-state index is -4.25. The van der Waals surface area contributed by atoms with Gasteiger partial charge in [0, 0.05) is 0 Å². The summed E-state index contributed by atoms with van der Waals surface area (Å²) in [5, 5.41) is 9.47. The Morgan fingerprint density at radius 2 is 1.72 bits per heavy atom. The van der Waals surface area contributed by atoms with Gasteiger partial charge in [0.25, 0.3) is 0 Å². The molecule has 7 heteroatoms. The Hall–Kier alpha value is -1.21. The van der Waals surface area contributed by atoms with E-state index >= 15 is 0 Å². The smallest absolute Gasteiger partial charge is 0.330 e. The van der Waals surface area contributed by atoms with Crippen molar-refractivity contribution in [2.24, 2.45) is 0 Å². The lowest BCUT2D eigenvalue weighted by molar-refractivity contribution is -0.170. The van der Waals surface area contributed by atoms with Crippen molar-refractivity contribution in [2.45, 2.75) is 18.5 Å². The number of benzene rings is 1. The van der Waals surface area contributed by atoms with Gasteiger partial charge in [-0.15, -0.1) is 0 Å². The fourth-order valence-electron chi connectivity index (χ4n) is 1.15. The molecule has 0 spiro atoms. The Bertz CT molecular complexity index is 366. The summed E-state index contributed by atoms with van der Waals surface area (Å²) >= 11 is 0. The first-order valence-corrected chi connectivity index (χ1v) is 5.00. The Morgan fingerprint density at radius 3 is 2.22 bits per heavy atom. The van der Waals surface area contributed by atoms with Gasteiger partial charge in [-0.1, -0.05) is 12.1 Å². The van der Waals surface area contributed by atoms with Crippen molar-refractivity contribution in [3.8, 4) is 0 Å². The van der Waals surface area contributed by atoms with Crippen LogP contribution >= 0.6 is 0 Å². The van der Waals surface area contributed by atoms with E-state index in [1.165, 1.54) is 12.1 Å². The molecule has 1 unspecified atom stereocenters. The third-order valence-corrected chi connectivity index (χ3v) is 2.14. The normalized spacial score (nSPS) is 13.9. The van der Waals surface area contributed by atoms with Crippen LogP contribution in [-0.4, -0.2) is 30.7 Å². The van der Waals surface area contributed by atoms with Gasteiger partial charge in [0.15, 0.2) is 0 Å².